The molecular weight excluding hydrogens is 312 g/mol. The Hall–Kier alpha value is -2.88. The first kappa shape index (κ1) is 14.7. The molecule has 1 saturated carbocycles. The van der Waals surface area contributed by atoms with Crippen LogP contribution in [0, 0.1) is 6.57 Å². The molecule has 1 fully saturated rings. The number of rotatable bonds is 3. The lowest BCUT2D eigenvalue weighted by molar-refractivity contribution is 0.0132. The van der Waals surface area contributed by atoms with Crippen LogP contribution in [0.25, 0.3) is 27.3 Å². The summed E-state index contributed by atoms with van der Waals surface area (Å²) in [6.07, 6.45) is 4.44. The van der Waals surface area contributed by atoms with Crippen molar-refractivity contribution < 1.29 is 8.78 Å². The quantitative estimate of drug-likeness (QED) is 0.667. The van der Waals surface area contributed by atoms with Crippen molar-refractivity contribution in [1.82, 2.24) is 19.5 Å². The zero-order valence-corrected chi connectivity index (χ0v) is 12.9. The molecule has 0 N–H and O–H groups in total. The van der Waals surface area contributed by atoms with Crippen molar-refractivity contribution in [3.63, 3.8) is 0 Å². The Morgan fingerprint density at radius 1 is 1.33 bits per heavy atom. The number of fused-ring (bicyclic) bond motifs is 1. The number of hydrogen-bond donors (Lipinski definition) is 0. The summed E-state index contributed by atoms with van der Waals surface area (Å²) in [5, 5.41) is 0. The van der Waals surface area contributed by atoms with Crippen LogP contribution in [0.3, 0.4) is 0 Å². The van der Waals surface area contributed by atoms with Gasteiger partial charge in [-0.05, 0) is 25.0 Å². The van der Waals surface area contributed by atoms with E-state index in [4.69, 9.17) is 6.57 Å². The molecule has 0 amide bonds. The fourth-order valence-electron chi connectivity index (χ4n) is 2.89. The number of nitrogens with zero attached hydrogens (tertiary/aromatic N) is 5. The van der Waals surface area contributed by atoms with E-state index < -0.39 is 5.92 Å². The van der Waals surface area contributed by atoms with Gasteiger partial charge in [-0.15, -0.1) is 0 Å². The monoisotopic (exact) mass is 325 g/mol. The first-order valence-corrected chi connectivity index (χ1v) is 7.57. The van der Waals surface area contributed by atoms with Gasteiger partial charge in [0.1, 0.15) is 17.8 Å². The summed E-state index contributed by atoms with van der Waals surface area (Å²) in [4.78, 5) is 15.7. The van der Waals surface area contributed by atoms with Crippen LogP contribution >= 0.6 is 0 Å². The normalized spacial score (nSPS) is 14.8. The van der Waals surface area contributed by atoms with Gasteiger partial charge >= 0.3 is 0 Å². The minimum atomic E-state index is -3.09. The van der Waals surface area contributed by atoms with E-state index in [-0.39, 0.29) is 17.3 Å². The molecule has 3 aromatic rings. The molecular formula is C17H13F2N5. The largest absolute Gasteiger partial charge is 0.322 e. The van der Waals surface area contributed by atoms with Crippen molar-refractivity contribution in [2.75, 3.05) is 0 Å². The smallest absolute Gasteiger partial charge is 0.287 e. The maximum absolute atomic E-state index is 14.0. The summed E-state index contributed by atoms with van der Waals surface area (Å²) < 4.78 is 29.9. The molecule has 24 heavy (non-hydrogen) atoms. The highest BCUT2D eigenvalue weighted by Gasteiger charge is 2.34. The Kier molecular flexibility index (Phi) is 3.10. The van der Waals surface area contributed by atoms with Crippen LogP contribution in [0.4, 0.5) is 14.5 Å². The molecule has 7 heteroatoms. The highest BCUT2D eigenvalue weighted by Crippen LogP contribution is 2.43. The summed E-state index contributed by atoms with van der Waals surface area (Å²) in [5.74, 6) is -2.65. The van der Waals surface area contributed by atoms with E-state index in [1.54, 1.807) is 18.2 Å². The highest BCUT2D eigenvalue weighted by atomic mass is 19.3. The second kappa shape index (κ2) is 5.06. The Morgan fingerprint density at radius 3 is 2.79 bits per heavy atom. The third-order valence-corrected chi connectivity index (χ3v) is 4.08. The van der Waals surface area contributed by atoms with Crippen molar-refractivity contribution in [2.45, 2.75) is 31.7 Å². The van der Waals surface area contributed by atoms with E-state index in [2.05, 4.69) is 19.8 Å². The molecule has 1 aliphatic rings. The molecule has 0 unspecified atom stereocenters. The van der Waals surface area contributed by atoms with E-state index >= 15 is 0 Å². The Bertz CT molecular complexity index is 977. The first-order valence-electron chi connectivity index (χ1n) is 7.57. The molecule has 0 radical (unpaired) electrons. The Morgan fingerprint density at radius 2 is 2.12 bits per heavy atom. The lowest BCUT2D eigenvalue weighted by Gasteiger charge is -2.15. The summed E-state index contributed by atoms with van der Waals surface area (Å²) in [5.41, 5.74) is 1.87. The minimum absolute atomic E-state index is 0.213. The number of aromatic nitrogens is 4. The highest BCUT2D eigenvalue weighted by molar-refractivity contribution is 5.84. The first-order chi connectivity index (χ1) is 11.5. The molecule has 2 heterocycles. The maximum Gasteiger partial charge on any atom is 0.287 e. The molecule has 1 aromatic carbocycles. The van der Waals surface area contributed by atoms with Crippen LogP contribution in [0.5, 0.6) is 0 Å². The molecule has 0 spiro atoms. The molecule has 0 bridgehead atoms. The van der Waals surface area contributed by atoms with Crippen molar-refractivity contribution in [3.05, 3.63) is 47.8 Å². The second-order valence-corrected chi connectivity index (χ2v) is 5.99. The van der Waals surface area contributed by atoms with E-state index in [9.17, 15) is 8.78 Å². The molecule has 2 aromatic heterocycles. The third-order valence-electron chi connectivity index (χ3n) is 4.08. The number of benzene rings is 1. The van der Waals surface area contributed by atoms with Crippen LogP contribution in [-0.2, 0) is 5.92 Å². The van der Waals surface area contributed by atoms with Gasteiger partial charge in [-0.1, -0.05) is 6.07 Å². The zero-order chi connectivity index (χ0) is 16.9. The van der Waals surface area contributed by atoms with Crippen molar-refractivity contribution >= 4 is 16.7 Å². The fraction of sp³-hybridized carbons (Fsp3) is 0.294. The van der Waals surface area contributed by atoms with Gasteiger partial charge in [-0.25, -0.2) is 19.8 Å². The average Bonchev–Trinajstić information content (AvgIpc) is 3.33. The van der Waals surface area contributed by atoms with Gasteiger partial charge in [0.05, 0.1) is 23.2 Å². The minimum Gasteiger partial charge on any atom is -0.322 e. The summed E-state index contributed by atoms with van der Waals surface area (Å²) >= 11 is 0. The van der Waals surface area contributed by atoms with E-state index in [0.717, 1.165) is 31.6 Å². The number of hydrogen-bond acceptors (Lipinski definition) is 3. The number of imidazole rings is 1. The van der Waals surface area contributed by atoms with Gasteiger partial charge < -0.3 is 4.57 Å². The van der Waals surface area contributed by atoms with Crippen LogP contribution in [0.1, 0.15) is 31.5 Å². The predicted molar refractivity (Wildman–Crippen MR) is 84.9 cm³/mol. The topological polar surface area (TPSA) is 48.0 Å². The summed E-state index contributed by atoms with van der Waals surface area (Å²) in [6.45, 7) is 7.99. The molecule has 1 aliphatic carbocycles. The molecule has 0 saturated heterocycles. The van der Waals surface area contributed by atoms with Gasteiger partial charge in [0.15, 0.2) is 5.69 Å². The van der Waals surface area contributed by atoms with Crippen LogP contribution < -0.4 is 0 Å². The van der Waals surface area contributed by atoms with Crippen LogP contribution in [0.2, 0.25) is 0 Å². The SMILES string of the molecule is [C-]#[N+]c1ccc2nc(-c3cncnc3C(C)(F)F)n(C3CC3)c2c1. The van der Waals surface area contributed by atoms with Crippen molar-refractivity contribution in [3.8, 4) is 11.4 Å². The summed E-state index contributed by atoms with van der Waals surface area (Å²) in [7, 11) is 0. The Labute approximate surface area is 136 Å². The van der Waals surface area contributed by atoms with Gasteiger partial charge in [0.25, 0.3) is 5.92 Å². The van der Waals surface area contributed by atoms with E-state index in [1.165, 1.54) is 6.20 Å². The van der Waals surface area contributed by atoms with E-state index in [0.29, 0.717) is 17.0 Å². The van der Waals surface area contributed by atoms with Crippen molar-refractivity contribution in [2.24, 2.45) is 0 Å². The standard InChI is InChI=1S/C17H13F2N5/c1-17(18,19)15-12(8-21-9-22-15)16-23-13-6-3-10(20-2)7-14(13)24(16)11-4-5-11/h3,6-9,11H,4-5H2,1H3. The van der Waals surface area contributed by atoms with Gasteiger partial charge in [-0.2, -0.15) is 8.78 Å². The van der Waals surface area contributed by atoms with Gasteiger partial charge in [-0.3, -0.25) is 0 Å². The number of alkyl halides is 2. The van der Waals surface area contributed by atoms with Gasteiger partial charge in [0, 0.05) is 19.2 Å². The summed E-state index contributed by atoms with van der Waals surface area (Å²) in [6, 6.07) is 5.40. The van der Waals surface area contributed by atoms with Crippen molar-refractivity contribution in [1.29, 1.82) is 0 Å². The lowest BCUT2D eigenvalue weighted by Crippen LogP contribution is -2.13. The third kappa shape index (κ3) is 2.31. The molecule has 120 valence electrons. The molecule has 0 aliphatic heterocycles. The lowest BCUT2D eigenvalue weighted by atomic mass is 10.1. The second-order valence-electron chi connectivity index (χ2n) is 5.99. The van der Waals surface area contributed by atoms with E-state index in [1.807, 2.05) is 4.57 Å². The van der Waals surface area contributed by atoms with Crippen LogP contribution in [-0.4, -0.2) is 19.5 Å². The predicted octanol–water partition coefficient (Wildman–Crippen LogP) is 4.49. The Balaban J connectivity index is 2.02. The van der Waals surface area contributed by atoms with Gasteiger partial charge in [0.2, 0.25) is 0 Å². The molecule has 4 rings (SSSR count). The molecule has 0 atom stereocenters. The van der Waals surface area contributed by atoms with Crippen LogP contribution in [0.15, 0.2) is 30.7 Å². The fourth-order valence-corrected chi connectivity index (χ4v) is 2.89. The zero-order valence-electron chi connectivity index (χ0n) is 12.9. The number of halogens is 2. The maximum atomic E-state index is 14.0. The average molecular weight is 325 g/mol. The molecule has 5 nitrogen and oxygen atoms in total.